The molecule has 0 rings (SSSR count). The van der Waals surface area contributed by atoms with E-state index in [1.54, 1.807) is 6.92 Å². The summed E-state index contributed by atoms with van der Waals surface area (Å²) in [7, 11) is 1.27. The fourth-order valence-electron chi connectivity index (χ4n) is 0.587. The Bertz CT molecular complexity index is 212. The van der Waals surface area contributed by atoms with Crippen LogP contribution in [0.5, 0.6) is 0 Å². The molecule has 0 radical (unpaired) electrons. The van der Waals surface area contributed by atoms with E-state index in [1.807, 2.05) is 0 Å². The molecule has 1 N–H and O–H groups in total. The summed E-state index contributed by atoms with van der Waals surface area (Å²) in [6.07, 6.45) is 1.72. The number of hydrogen-bond acceptors (Lipinski definition) is 4. The molecule has 0 amide bonds. The van der Waals surface area contributed by atoms with Crippen molar-refractivity contribution in [3.05, 3.63) is 11.5 Å². The molecule has 0 aliphatic carbocycles. The molecule has 0 spiro atoms. The fraction of sp³-hybridized carbons (Fsp3) is 0.500. The average molecular weight is 204 g/mol. The van der Waals surface area contributed by atoms with Gasteiger partial charge in [0.25, 0.3) is 0 Å². The van der Waals surface area contributed by atoms with E-state index in [9.17, 15) is 9.59 Å². The standard InChI is InChI=1S/C8H12O4S/c1-3-6(8(10)11)13-5-4-7(9)12-2/h4-6H,3H2,1-2H3,(H,10,11)/b5-4+. The van der Waals surface area contributed by atoms with Crippen molar-refractivity contribution in [2.45, 2.75) is 18.6 Å². The number of ether oxygens (including phenoxy) is 1. The van der Waals surface area contributed by atoms with Gasteiger partial charge in [-0.25, -0.2) is 4.79 Å². The van der Waals surface area contributed by atoms with E-state index < -0.39 is 17.2 Å². The van der Waals surface area contributed by atoms with Crippen LogP contribution in [0, 0.1) is 0 Å². The first-order chi connectivity index (χ1) is 6.11. The molecule has 0 aromatic rings. The summed E-state index contributed by atoms with van der Waals surface area (Å²) in [5.74, 6) is -1.35. The van der Waals surface area contributed by atoms with Crippen LogP contribution < -0.4 is 0 Å². The highest BCUT2D eigenvalue weighted by Gasteiger charge is 2.13. The van der Waals surface area contributed by atoms with Gasteiger partial charge in [0, 0.05) is 6.08 Å². The minimum Gasteiger partial charge on any atom is -0.480 e. The number of rotatable bonds is 5. The number of esters is 1. The van der Waals surface area contributed by atoms with Gasteiger partial charge in [0.05, 0.1) is 7.11 Å². The maximum atomic E-state index is 10.6. The van der Waals surface area contributed by atoms with Gasteiger partial charge in [0.2, 0.25) is 0 Å². The van der Waals surface area contributed by atoms with Crippen molar-refractivity contribution >= 4 is 23.7 Å². The third kappa shape index (κ3) is 5.30. The fourth-order valence-corrected chi connectivity index (χ4v) is 1.27. The van der Waals surface area contributed by atoms with Crippen molar-refractivity contribution in [2.75, 3.05) is 7.11 Å². The first kappa shape index (κ1) is 12.0. The predicted molar refractivity (Wildman–Crippen MR) is 50.5 cm³/mol. The molecule has 0 fully saturated rings. The lowest BCUT2D eigenvalue weighted by atomic mass is 10.3. The Morgan fingerprint density at radius 3 is 2.62 bits per heavy atom. The number of thioether (sulfide) groups is 1. The van der Waals surface area contributed by atoms with Crippen LogP contribution >= 0.6 is 11.8 Å². The number of carbonyl (C=O) groups excluding carboxylic acids is 1. The van der Waals surface area contributed by atoms with Gasteiger partial charge in [-0.3, -0.25) is 4.79 Å². The zero-order valence-electron chi connectivity index (χ0n) is 7.52. The minimum atomic E-state index is -0.873. The molecule has 4 nitrogen and oxygen atoms in total. The monoisotopic (exact) mass is 204 g/mol. The average Bonchev–Trinajstić information content (AvgIpc) is 2.11. The number of hydrogen-bond donors (Lipinski definition) is 1. The molecule has 1 atom stereocenters. The van der Waals surface area contributed by atoms with Crippen molar-refractivity contribution in [3.8, 4) is 0 Å². The van der Waals surface area contributed by atoms with E-state index in [2.05, 4.69) is 4.74 Å². The van der Waals surface area contributed by atoms with Crippen molar-refractivity contribution in [2.24, 2.45) is 0 Å². The molecule has 0 saturated carbocycles. The molecule has 0 bridgehead atoms. The second-order valence-corrected chi connectivity index (χ2v) is 3.31. The quantitative estimate of drug-likeness (QED) is 0.539. The second-order valence-electron chi connectivity index (χ2n) is 2.20. The first-order valence-corrected chi connectivity index (χ1v) is 4.68. The van der Waals surface area contributed by atoms with Gasteiger partial charge < -0.3 is 9.84 Å². The maximum Gasteiger partial charge on any atom is 0.330 e. The molecule has 74 valence electrons. The topological polar surface area (TPSA) is 63.6 Å². The molecular weight excluding hydrogens is 192 g/mol. The molecule has 0 saturated heterocycles. The Kier molecular flexibility index (Phi) is 6.05. The molecular formula is C8H12O4S. The minimum absolute atomic E-state index is 0.479. The number of carboxylic acids is 1. The lowest BCUT2D eigenvalue weighted by molar-refractivity contribution is -0.136. The van der Waals surface area contributed by atoms with Crippen LogP contribution in [0.1, 0.15) is 13.3 Å². The van der Waals surface area contributed by atoms with E-state index in [0.29, 0.717) is 6.42 Å². The smallest absolute Gasteiger partial charge is 0.330 e. The molecule has 5 heteroatoms. The summed E-state index contributed by atoms with van der Waals surface area (Å²) in [6, 6.07) is 0. The van der Waals surface area contributed by atoms with E-state index >= 15 is 0 Å². The Labute approximate surface area is 81.0 Å². The van der Waals surface area contributed by atoms with Gasteiger partial charge in [0.1, 0.15) is 5.25 Å². The highest BCUT2D eigenvalue weighted by atomic mass is 32.2. The van der Waals surface area contributed by atoms with E-state index in [4.69, 9.17) is 5.11 Å². The highest BCUT2D eigenvalue weighted by Crippen LogP contribution is 2.15. The van der Waals surface area contributed by atoms with Crippen LogP contribution in [0.2, 0.25) is 0 Å². The van der Waals surface area contributed by atoms with Gasteiger partial charge in [-0.15, -0.1) is 11.8 Å². The van der Waals surface area contributed by atoms with Gasteiger partial charge in [-0.2, -0.15) is 0 Å². The predicted octanol–water partition coefficient (Wildman–Crippen LogP) is 1.27. The zero-order chi connectivity index (χ0) is 10.3. The van der Waals surface area contributed by atoms with Crippen LogP contribution in [-0.2, 0) is 14.3 Å². The number of carbonyl (C=O) groups is 2. The summed E-state index contributed by atoms with van der Waals surface area (Å²) >= 11 is 1.09. The summed E-state index contributed by atoms with van der Waals surface area (Å²) in [5, 5.41) is 9.56. The molecule has 0 heterocycles. The highest BCUT2D eigenvalue weighted by molar-refractivity contribution is 8.03. The third-order valence-corrected chi connectivity index (χ3v) is 2.45. The van der Waals surface area contributed by atoms with Crippen LogP contribution in [0.15, 0.2) is 11.5 Å². The Balaban J connectivity index is 3.91. The normalized spacial score (nSPS) is 12.8. The summed E-state index contributed by atoms with van der Waals surface area (Å²) < 4.78 is 4.34. The van der Waals surface area contributed by atoms with Crippen LogP contribution in [0.4, 0.5) is 0 Å². The Morgan fingerprint density at radius 2 is 2.23 bits per heavy atom. The summed E-state index contributed by atoms with van der Waals surface area (Å²) in [4.78, 5) is 21.1. The SMILES string of the molecule is CCC(S/C=C/C(=O)OC)C(=O)O. The first-order valence-electron chi connectivity index (χ1n) is 3.74. The Morgan fingerprint density at radius 1 is 1.62 bits per heavy atom. The van der Waals surface area contributed by atoms with Crippen molar-refractivity contribution in [1.29, 1.82) is 0 Å². The molecule has 1 unspecified atom stereocenters. The van der Waals surface area contributed by atoms with E-state index in [-0.39, 0.29) is 0 Å². The van der Waals surface area contributed by atoms with Crippen molar-refractivity contribution < 1.29 is 19.4 Å². The molecule has 0 aromatic heterocycles. The summed E-state index contributed by atoms with van der Waals surface area (Å²) in [5.41, 5.74) is 0. The van der Waals surface area contributed by atoms with Crippen LogP contribution in [0.3, 0.4) is 0 Å². The molecule has 0 aliphatic rings. The van der Waals surface area contributed by atoms with Crippen LogP contribution in [-0.4, -0.2) is 29.4 Å². The van der Waals surface area contributed by atoms with Gasteiger partial charge in [-0.05, 0) is 11.8 Å². The Hall–Kier alpha value is -0.970. The maximum absolute atomic E-state index is 10.6. The third-order valence-electron chi connectivity index (χ3n) is 1.29. The summed E-state index contributed by atoms with van der Waals surface area (Å²) in [6.45, 7) is 1.78. The van der Waals surface area contributed by atoms with Crippen molar-refractivity contribution in [3.63, 3.8) is 0 Å². The van der Waals surface area contributed by atoms with Gasteiger partial charge in [-0.1, -0.05) is 6.92 Å². The second kappa shape index (κ2) is 6.54. The molecule has 13 heavy (non-hydrogen) atoms. The molecule has 0 aliphatic heterocycles. The zero-order valence-corrected chi connectivity index (χ0v) is 8.34. The van der Waals surface area contributed by atoms with E-state index in [1.165, 1.54) is 18.6 Å². The van der Waals surface area contributed by atoms with E-state index in [0.717, 1.165) is 11.8 Å². The molecule has 0 aromatic carbocycles. The lowest BCUT2D eigenvalue weighted by Crippen LogP contribution is -2.13. The lowest BCUT2D eigenvalue weighted by Gasteiger charge is -2.03. The van der Waals surface area contributed by atoms with Gasteiger partial charge in [0.15, 0.2) is 0 Å². The number of aliphatic carboxylic acids is 1. The number of carboxylic acid groups (broad SMARTS) is 1. The number of methoxy groups -OCH3 is 1. The van der Waals surface area contributed by atoms with Crippen LogP contribution in [0.25, 0.3) is 0 Å². The van der Waals surface area contributed by atoms with Gasteiger partial charge >= 0.3 is 11.9 Å². The van der Waals surface area contributed by atoms with Crippen molar-refractivity contribution in [1.82, 2.24) is 0 Å². The largest absolute Gasteiger partial charge is 0.480 e.